The topological polar surface area (TPSA) is 12.0 Å². The molecule has 1 N–H and O–H groups in total. The Bertz CT molecular complexity index is 369. The summed E-state index contributed by atoms with van der Waals surface area (Å²) in [4.78, 5) is 0. The molecule has 100 valence electrons. The predicted octanol–water partition coefficient (Wildman–Crippen LogP) is 4.39. The fraction of sp³-hybridized carbons (Fsp3) is 0.625. The number of hydrogen-bond donors (Lipinski definition) is 1. The van der Waals surface area contributed by atoms with Crippen LogP contribution in [0.1, 0.15) is 45.1 Å². The Labute approximate surface area is 125 Å². The number of halogens is 1. The van der Waals surface area contributed by atoms with E-state index in [1.165, 1.54) is 41.2 Å². The van der Waals surface area contributed by atoms with E-state index < -0.39 is 0 Å². The highest BCUT2D eigenvalue weighted by molar-refractivity contribution is 14.1. The Morgan fingerprint density at radius 2 is 1.94 bits per heavy atom. The molecule has 0 aliphatic heterocycles. The highest BCUT2D eigenvalue weighted by Gasteiger charge is 2.28. The van der Waals surface area contributed by atoms with E-state index in [1.54, 1.807) is 0 Å². The second-order valence-electron chi connectivity index (χ2n) is 6.02. The Morgan fingerprint density at radius 3 is 2.50 bits per heavy atom. The highest BCUT2D eigenvalue weighted by Crippen LogP contribution is 2.29. The minimum absolute atomic E-state index is 0.407. The summed E-state index contributed by atoms with van der Waals surface area (Å²) < 4.78 is 1.32. The molecule has 2 rings (SSSR count). The van der Waals surface area contributed by atoms with Crippen LogP contribution in [0.4, 0.5) is 0 Å². The van der Waals surface area contributed by atoms with Crippen molar-refractivity contribution < 1.29 is 0 Å². The molecule has 0 aromatic heterocycles. The Morgan fingerprint density at radius 1 is 1.28 bits per heavy atom. The number of nitrogens with one attached hydrogen (secondary N) is 1. The van der Waals surface area contributed by atoms with Gasteiger partial charge in [0.15, 0.2) is 0 Å². The normalized spacial score (nSPS) is 18.6. The van der Waals surface area contributed by atoms with Crippen molar-refractivity contribution in [2.45, 2.75) is 52.0 Å². The van der Waals surface area contributed by atoms with Crippen LogP contribution in [0.25, 0.3) is 0 Å². The zero-order chi connectivity index (χ0) is 13.0. The van der Waals surface area contributed by atoms with Gasteiger partial charge < -0.3 is 5.32 Å². The lowest BCUT2D eigenvalue weighted by Crippen LogP contribution is -2.34. The summed E-state index contributed by atoms with van der Waals surface area (Å²) in [5.74, 6) is 0. The van der Waals surface area contributed by atoms with Gasteiger partial charge in [0.05, 0.1) is 0 Å². The highest BCUT2D eigenvalue weighted by atomic mass is 127. The second-order valence-corrected chi connectivity index (χ2v) is 7.26. The molecule has 1 unspecified atom stereocenters. The molecule has 0 heterocycles. The summed E-state index contributed by atoms with van der Waals surface area (Å²) in [5.41, 5.74) is 1.88. The third-order valence-electron chi connectivity index (χ3n) is 3.79. The van der Waals surface area contributed by atoms with Gasteiger partial charge in [-0.1, -0.05) is 32.4 Å². The van der Waals surface area contributed by atoms with E-state index in [0.29, 0.717) is 5.41 Å². The minimum atomic E-state index is 0.407. The van der Waals surface area contributed by atoms with Gasteiger partial charge in [-0.05, 0) is 71.4 Å². The molecule has 1 atom stereocenters. The smallest absolute Gasteiger partial charge is 0.0130 e. The van der Waals surface area contributed by atoms with Crippen molar-refractivity contribution in [1.29, 1.82) is 0 Å². The molecule has 1 saturated carbocycles. The van der Waals surface area contributed by atoms with E-state index >= 15 is 0 Å². The average Bonchev–Trinajstić information content (AvgIpc) is 3.14. The molecule has 1 nitrogen and oxygen atoms in total. The van der Waals surface area contributed by atoms with Gasteiger partial charge in [-0.2, -0.15) is 0 Å². The third kappa shape index (κ3) is 4.54. The quantitative estimate of drug-likeness (QED) is 0.714. The first-order valence-electron chi connectivity index (χ1n) is 7.09. The first-order chi connectivity index (χ1) is 8.61. The van der Waals surface area contributed by atoms with Gasteiger partial charge in [0.25, 0.3) is 0 Å². The Balaban J connectivity index is 1.96. The van der Waals surface area contributed by atoms with Gasteiger partial charge >= 0.3 is 0 Å². The fourth-order valence-corrected chi connectivity index (χ4v) is 2.98. The van der Waals surface area contributed by atoms with Crippen LogP contribution in [-0.4, -0.2) is 12.6 Å². The number of benzene rings is 1. The Hall–Kier alpha value is -0.0900. The lowest BCUT2D eigenvalue weighted by molar-refractivity contribution is 0.274. The lowest BCUT2D eigenvalue weighted by atomic mass is 9.79. The van der Waals surface area contributed by atoms with E-state index in [1.807, 2.05) is 0 Å². The van der Waals surface area contributed by atoms with Gasteiger partial charge in [-0.15, -0.1) is 0 Å². The van der Waals surface area contributed by atoms with E-state index in [-0.39, 0.29) is 0 Å². The van der Waals surface area contributed by atoms with Crippen LogP contribution in [-0.2, 0) is 6.42 Å². The van der Waals surface area contributed by atoms with E-state index in [9.17, 15) is 0 Å². The molecular weight excluding hydrogens is 333 g/mol. The predicted molar refractivity (Wildman–Crippen MR) is 86.9 cm³/mol. The second kappa shape index (κ2) is 6.38. The maximum atomic E-state index is 3.71. The molecule has 0 bridgehead atoms. The van der Waals surface area contributed by atoms with Crippen LogP contribution in [0.5, 0.6) is 0 Å². The molecule has 0 spiro atoms. The first kappa shape index (κ1) is 14.3. The lowest BCUT2D eigenvalue weighted by Gasteiger charge is -2.30. The van der Waals surface area contributed by atoms with Crippen molar-refractivity contribution in [2.75, 3.05) is 6.54 Å². The largest absolute Gasteiger partial charge is 0.313 e. The van der Waals surface area contributed by atoms with Crippen molar-refractivity contribution in [1.82, 2.24) is 5.32 Å². The zero-order valence-corrected chi connectivity index (χ0v) is 13.7. The SMILES string of the molecule is CCCC(C)(CNC1CC1)Cc1ccc(I)cc1. The van der Waals surface area contributed by atoms with E-state index in [0.717, 1.165) is 12.6 Å². The zero-order valence-electron chi connectivity index (χ0n) is 11.5. The van der Waals surface area contributed by atoms with Crippen molar-refractivity contribution in [3.8, 4) is 0 Å². The van der Waals surface area contributed by atoms with E-state index in [4.69, 9.17) is 0 Å². The maximum absolute atomic E-state index is 3.71. The van der Waals surface area contributed by atoms with Gasteiger partial charge in [0.1, 0.15) is 0 Å². The maximum Gasteiger partial charge on any atom is 0.0130 e. The number of hydrogen-bond acceptors (Lipinski definition) is 1. The molecule has 1 aromatic carbocycles. The van der Waals surface area contributed by atoms with Crippen LogP contribution in [0.2, 0.25) is 0 Å². The van der Waals surface area contributed by atoms with Gasteiger partial charge in [-0.25, -0.2) is 0 Å². The van der Waals surface area contributed by atoms with E-state index in [2.05, 4.69) is 66.0 Å². The molecule has 18 heavy (non-hydrogen) atoms. The molecule has 0 saturated heterocycles. The molecular formula is C16H24IN. The van der Waals surface area contributed by atoms with Gasteiger partial charge in [0.2, 0.25) is 0 Å². The van der Waals surface area contributed by atoms with Crippen molar-refractivity contribution in [3.63, 3.8) is 0 Å². The molecule has 1 aliphatic rings. The molecule has 0 amide bonds. The molecule has 0 radical (unpaired) electrons. The summed E-state index contributed by atoms with van der Waals surface area (Å²) in [6.07, 6.45) is 6.53. The molecule has 2 heteroatoms. The van der Waals surface area contributed by atoms with Crippen LogP contribution in [0.15, 0.2) is 24.3 Å². The summed E-state index contributed by atoms with van der Waals surface area (Å²) in [7, 11) is 0. The number of rotatable bonds is 7. The van der Waals surface area contributed by atoms with Crippen LogP contribution in [0.3, 0.4) is 0 Å². The minimum Gasteiger partial charge on any atom is -0.313 e. The summed E-state index contributed by atoms with van der Waals surface area (Å²) in [6.45, 7) is 5.89. The monoisotopic (exact) mass is 357 g/mol. The van der Waals surface area contributed by atoms with Gasteiger partial charge in [0, 0.05) is 16.2 Å². The van der Waals surface area contributed by atoms with Crippen molar-refractivity contribution in [2.24, 2.45) is 5.41 Å². The average molecular weight is 357 g/mol. The summed E-state index contributed by atoms with van der Waals surface area (Å²) >= 11 is 2.37. The molecule has 1 aromatic rings. The Kier molecular flexibility index (Phi) is 5.07. The van der Waals surface area contributed by atoms with Gasteiger partial charge in [-0.3, -0.25) is 0 Å². The van der Waals surface area contributed by atoms with Crippen LogP contribution < -0.4 is 5.32 Å². The summed E-state index contributed by atoms with van der Waals surface area (Å²) in [6, 6.07) is 9.82. The summed E-state index contributed by atoms with van der Waals surface area (Å²) in [5, 5.41) is 3.71. The van der Waals surface area contributed by atoms with Crippen LogP contribution in [0, 0.1) is 8.99 Å². The van der Waals surface area contributed by atoms with Crippen molar-refractivity contribution in [3.05, 3.63) is 33.4 Å². The first-order valence-corrected chi connectivity index (χ1v) is 8.17. The standard InChI is InChI=1S/C16H24IN/c1-3-10-16(2,12-18-15-8-9-15)11-13-4-6-14(17)7-5-13/h4-7,15,18H,3,8-12H2,1-2H3. The molecule has 1 fully saturated rings. The van der Waals surface area contributed by atoms with Crippen LogP contribution >= 0.6 is 22.6 Å². The third-order valence-corrected chi connectivity index (χ3v) is 4.51. The van der Waals surface area contributed by atoms with Crippen molar-refractivity contribution >= 4 is 22.6 Å². The fourth-order valence-electron chi connectivity index (χ4n) is 2.62. The molecule has 1 aliphatic carbocycles.